The molecular weight excluding hydrogens is 288 g/mol. The predicted octanol–water partition coefficient (Wildman–Crippen LogP) is 1.76. The van der Waals surface area contributed by atoms with Crippen LogP contribution in [0.3, 0.4) is 0 Å². The first-order valence-electron chi connectivity index (χ1n) is 6.68. The predicted molar refractivity (Wildman–Crippen MR) is 80.2 cm³/mol. The van der Waals surface area contributed by atoms with Gasteiger partial charge in [-0.05, 0) is 26.0 Å². The van der Waals surface area contributed by atoms with Gasteiger partial charge in [0.15, 0.2) is 5.16 Å². The molecule has 3 amide bonds. The zero-order chi connectivity index (χ0) is 15.0. The van der Waals surface area contributed by atoms with Gasteiger partial charge in [0.25, 0.3) is 5.91 Å². The van der Waals surface area contributed by atoms with Crippen LogP contribution >= 0.6 is 11.8 Å². The van der Waals surface area contributed by atoms with Crippen molar-refractivity contribution in [3.05, 3.63) is 30.6 Å². The van der Waals surface area contributed by atoms with Crippen molar-refractivity contribution in [2.75, 3.05) is 12.3 Å². The fourth-order valence-electron chi connectivity index (χ4n) is 2.28. The molecule has 1 aliphatic rings. The molecule has 0 spiro atoms. The van der Waals surface area contributed by atoms with Crippen LogP contribution in [0.4, 0.5) is 4.79 Å². The molecule has 1 N–H and O–H groups in total. The van der Waals surface area contributed by atoms with Gasteiger partial charge < -0.3 is 5.32 Å². The van der Waals surface area contributed by atoms with Gasteiger partial charge in [-0.15, -0.1) is 0 Å². The number of carbonyl (C=O) groups excluding carboxylic acids is 2. The summed E-state index contributed by atoms with van der Waals surface area (Å²) in [6.45, 7) is 3.80. The van der Waals surface area contributed by atoms with E-state index in [1.165, 1.54) is 16.7 Å². The summed E-state index contributed by atoms with van der Waals surface area (Å²) in [4.78, 5) is 29.4. The number of nitrogens with zero attached hydrogens (tertiary/aromatic N) is 3. The highest BCUT2D eigenvalue weighted by molar-refractivity contribution is 7.99. The van der Waals surface area contributed by atoms with Crippen molar-refractivity contribution in [1.29, 1.82) is 0 Å². The van der Waals surface area contributed by atoms with Crippen LogP contribution in [0, 0.1) is 0 Å². The number of nitrogens with one attached hydrogen (secondary N) is 1. The Bertz CT molecular complexity index is 710. The molecule has 3 heterocycles. The van der Waals surface area contributed by atoms with Gasteiger partial charge in [0.05, 0.1) is 11.7 Å². The van der Waals surface area contributed by atoms with Crippen LogP contribution in [0.2, 0.25) is 0 Å². The fraction of sp³-hybridized carbons (Fsp3) is 0.357. The third kappa shape index (κ3) is 2.49. The lowest BCUT2D eigenvalue weighted by molar-refractivity contribution is -0.130. The van der Waals surface area contributed by atoms with Crippen molar-refractivity contribution in [2.24, 2.45) is 0 Å². The molecule has 1 saturated heterocycles. The van der Waals surface area contributed by atoms with Crippen molar-refractivity contribution in [3.8, 4) is 0 Å². The monoisotopic (exact) mass is 304 g/mol. The van der Waals surface area contributed by atoms with Gasteiger partial charge in [-0.1, -0.05) is 17.8 Å². The molecule has 2 aromatic heterocycles. The minimum atomic E-state index is -0.804. The quantitative estimate of drug-likeness (QED) is 0.690. The number of carbonyl (C=O) groups is 2. The number of urea groups is 1. The van der Waals surface area contributed by atoms with Crippen molar-refractivity contribution in [1.82, 2.24) is 19.6 Å². The van der Waals surface area contributed by atoms with Crippen LogP contribution in [0.15, 0.2) is 35.7 Å². The standard InChI is InChI=1S/C14H16N4O2S/c1-14(2)11(19)18(12(20)16-14)7-8-21-13-15-9-10-5-3-4-6-17(10)13/h3-6,9H,7-8H2,1-2H3,(H,16,20). The highest BCUT2D eigenvalue weighted by Gasteiger charge is 2.43. The molecule has 0 radical (unpaired) electrons. The molecule has 7 heteroatoms. The first kappa shape index (κ1) is 13.9. The number of imidazole rings is 1. The van der Waals surface area contributed by atoms with Crippen molar-refractivity contribution in [3.63, 3.8) is 0 Å². The Balaban J connectivity index is 1.64. The molecule has 0 unspecified atom stereocenters. The number of hydrogen-bond donors (Lipinski definition) is 1. The maximum absolute atomic E-state index is 12.1. The maximum atomic E-state index is 12.1. The van der Waals surface area contributed by atoms with Gasteiger partial charge in [-0.3, -0.25) is 14.1 Å². The molecule has 21 heavy (non-hydrogen) atoms. The second-order valence-electron chi connectivity index (χ2n) is 5.40. The van der Waals surface area contributed by atoms with Crippen LogP contribution in [-0.4, -0.2) is 44.1 Å². The Hall–Kier alpha value is -2.02. The smallest absolute Gasteiger partial charge is 0.324 e. The van der Waals surface area contributed by atoms with Gasteiger partial charge in [-0.2, -0.15) is 0 Å². The summed E-state index contributed by atoms with van der Waals surface area (Å²) in [6.07, 6.45) is 3.75. The van der Waals surface area contributed by atoms with Crippen molar-refractivity contribution >= 4 is 29.2 Å². The van der Waals surface area contributed by atoms with Gasteiger partial charge >= 0.3 is 6.03 Å². The molecule has 0 aliphatic carbocycles. The van der Waals surface area contributed by atoms with E-state index in [0.717, 1.165) is 10.7 Å². The summed E-state index contributed by atoms with van der Waals surface area (Å²) >= 11 is 1.53. The van der Waals surface area contributed by atoms with Crippen LogP contribution in [0.25, 0.3) is 5.52 Å². The average Bonchev–Trinajstić information content (AvgIpc) is 2.93. The second-order valence-corrected chi connectivity index (χ2v) is 6.46. The summed E-state index contributed by atoms with van der Waals surface area (Å²) in [6, 6.07) is 5.56. The van der Waals surface area contributed by atoms with E-state index in [0.29, 0.717) is 12.3 Å². The zero-order valence-corrected chi connectivity index (χ0v) is 12.7. The molecule has 0 atom stereocenters. The lowest BCUT2D eigenvalue weighted by atomic mass is 10.1. The summed E-state index contributed by atoms with van der Waals surface area (Å²) < 4.78 is 1.99. The van der Waals surface area contributed by atoms with Gasteiger partial charge in [0.2, 0.25) is 0 Å². The Morgan fingerprint density at radius 2 is 2.14 bits per heavy atom. The van der Waals surface area contributed by atoms with Crippen molar-refractivity contribution < 1.29 is 9.59 Å². The number of fused-ring (bicyclic) bond motifs is 1. The summed E-state index contributed by atoms with van der Waals surface area (Å²) in [7, 11) is 0. The van der Waals surface area contributed by atoms with Gasteiger partial charge in [0, 0.05) is 18.5 Å². The average molecular weight is 304 g/mol. The van der Waals surface area contributed by atoms with E-state index in [4.69, 9.17) is 0 Å². The lowest BCUT2D eigenvalue weighted by Gasteiger charge is -2.15. The van der Waals surface area contributed by atoms with E-state index < -0.39 is 5.54 Å². The molecule has 0 aromatic carbocycles. The van der Waals surface area contributed by atoms with Crippen LogP contribution in [0.1, 0.15) is 13.8 Å². The molecule has 110 valence electrons. The molecule has 6 nitrogen and oxygen atoms in total. The number of pyridine rings is 1. The Morgan fingerprint density at radius 1 is 1.33 bits per heavy atom. The van der Waals surface area contributed by atoms with Crippen LogP contribution < -0.4 is 5.32 Å². The number of rotatable bonds is 4. The SMILES string of the molecule is CC1(C)NC(=O)N(CCSc2ncc3ccccn23)C1=O. The molecule has 3 rings (SSSR count). The van der Waals surface area contributed by atoms with E-state index in [2.05, 4.69) is 10.3 Å². The molecule has 1 aliphatic heterocycles. The summed E-state index contributed by atoms with van der Waals surface area (Å²) in [5.41, 5.74) is 0.220. The second kappa shape index (κ2) is 5.07. The molecule has 1 fully saturated rings. The van der Waals surface area contributed by atoms with E-state index in [9.17, 15) is 9.59 Å². The number of imide groups is 1. The lowest BCUT2D eigenvalue weighted by Crippen LogP contribution is -2.40. The van der Waals surface area contributed by atoms with Crippen molar-refractivity contribution in [2.45, 2.75) is 24.5 Å². The summed E-state index contributed by atoms with van der Waals surface area (Å²) in [5, 5.41) is 3.53. The number of aromatic nitrogens is 2. The van der Waals surface area contributed by atoms with E-state index >= 15 is 0 Å². The minimum Gasteiger partial charge on any atom is -0.324 e. The molecule has 0 bridgehead atoms. The largest absolute Gasteiger partial charge is 0.325 e. The minimum absolute atomic E-state index is 0.180. The number of hydrogen-bond acceptors (Lipinski definition) is 4. The molecule has 2 aromatic rings. The fourth-order valence-corrected chi connectivity index (χ4v) is 3.16. The topological polar surface area (TPSA) is 66.7 Å². The normalized spacial score (nSPS) is 17.5. The maximum Gasteiger partial charge on any atom is 0.325 e. The van der Waals surface area contributed by atoms with Gasteiger partial charge in [-0.25, -0.2) is 9.78 Å². The van der Waals surface area contributed by atoms with Crippen LogP contribution in [-0.2, 0) is 4.79 Å². The third-order valence-corrected chi connectivity index (χ3v) is 4.34. The highest BCUT2D eigenvalue weighted by Crippen LogP contribution is 2.21. The Labute approximate surface area is 126 Å². The third-order valence-electron chi connectivity index (χ3n) is 3.40. The highest BCUT2D eigenvalue weighted by atomic mass is 32.2. The molecular formula is C14H16N4O2S. The zero-order valence-electron chi connectivity index (χ0n) is 11.9. The van der Waals surface area contributed by atoms with E-state index in [1.54, 1.807) is 20.0 Å². The van der Waals surface area contributed by atoms with E-state index in [-0.39, 0.29) is 11.9 Å². The number of amides is 3. The molecule has 0 saturated carbocycles. The number of thioether (sulfide) groups is 1. The summed E-state index contributed by atoms with van der Waals surface area (Å²) in [5.74, 6) is 0.435. The van der Waals surface area contributed by atoms with Gasteiger partial charge in [0.1, 0.15) is 5.54 Å². The van der Waals surface area contributed by atoms with Crippen LogP contribution in [0.5, 0.6) is 0 Å². The first-order chi connectivity index (χ1) is 9.99. The Kier molecular flexibility index (Phi) is 3.36. The first-order valence-corrected chi connectivity index (χ1v) is 7.66. The van der Waals surface area contributed by atoms with E-state index in [1.807, 2.05) is 28.8 Å². The Morgan fingerprint density at radius 3 is 2.86 bits per heavy atom.